The van der Waals surface area contributed by atoms with Crippen LogP contribution < -0.4 is 5.32 Å². The molecule has 6 nitrogen and oxygen atoms in total. The third kappa shape index (κ3) is 3.42. The SMILES string of the molecule is c1nc(NCc2nnc3n2CCCCC3)cc(C2CCCCC2)n1. The summed E-state index contributed by atoms with van der Waals surface area (Å²) in [4.78, 5) is 8.89. The monoisotopic (exact) mass is 326 g/mol. The van der Waals surface area contributed by atoms with Gasteiger partial charge in [0.1, 0.15) is 18.0 Å². The van der Waals surface area contributed by atoms with Gasteiger partial charge in [-0.2, -0.15) is 0 Å². The normalized spacial score (nSPS) is 18.8. The van der Waals surface area contributed by atoms with Crippen LogP contribution in [0, 0.1) is 0 Å². The Hall–Kier alpha value is -1.98. The van der Waals surface area contributed by atoms with E-state index in [2.05, 4.69) is 36.1 Å². The van der Waals surface area contributed by atoms with Crippen molar-refractivity contribution in [2.24, 2.45) is 0 Å². The van der Waals surface area contributed by atoms with Crippen molar-refractivity contribution in [3.8, 4) is 0 Å². The molecule has 0 spiro atoms. The molecule has 6 heteroatoms. The third-order valence-electron chi connectivity index (χ3n) is 5.33. The highest BCUT2D eigenvalue weighted by Crippen LogP contribution is 2.31. The minimum absolute atomic E-state index is 0.603. The zero-order valence-electron chi connectivity index (χ0n) is 14.2. The van der Waals surface area contributed by atoms with Gasteiger partial charge in [0.05, 0.1) is 6.54 Å². The second-order valence-corrected chi connectivity index (χ2v) is 7.01. The number of nitrogens with zero attached hydrogens (tertiary/aromatic N) is 5. The van der Waals surface area contributed by atoms with Crippen molar-refractivity contribution < 1.29 is 0 Å². The highest BCUT2D eigenvalue weighted by atomic mass is 15.3. The van der Waals surface area contributed by atoms with Gasteiger partial charge in [-0.25, -0.2) is 9.97 Å². The molecule has 0 saturated heterocycles. The topological polar surface area (TPSA) is 68.5 Å². The summed E-state index contributed by atoms with van der Waals surface area (Å²) in [7, 11) is 0. The number of hydrogen-bond donors (Lipinski definition) is 1. The molecule has 1 fully saturated rings. The molecule has 3 heterocycles. The third-order valence-corrected chi connectivity index (χ3v) is 5.33. The molecule has 0 radical (unpaired) electrons. The van der Waals surface area contributed by atoms with Crippen LogP contribution in [0.2, 0.25) is 0 Å². The van der Waals surface area contributed by atoms with Gasteiger partial charge in [0.2, 0.25) is 0 Å². The lowest BCUT2D eigenvalue weighted by molar-refractivity contribution is 0.436. The molecule has 4 rings (SSSR count). The Balaban J connectivity index is 1.43. The number of anilines is 1. The van der Waals surface area contributed by atoms with Crippen LogP contribution in [0.25, 0.3) is 0 Å². The fourth-order valence-corrected chi connectivity index (χ4v) is 3.94. The van der Waals surface area contributed by atoms with Gasteiger partial charge in [-0.1, -0.05) is 25.7 Å². The molecular formula is C18H26N6. The van der Waals surface area contributed by atoms with E-state index in [0.717, 1.165) is 30.4 Å². The minimum atomic E-state index is 0.603. The second-order valence-electron chi connectivity index (χ2n) is 7.01. The van der Waals surface area contributed by atoms with E-state index in [0.29, 0.717) is 12.5 Å². The van der Waals surface area contributed by atoms with Crippen LogP contribution in [-0.2, 0) is 19.5 Å². The first-order valence-electron chi connectivity index (χ1n) is 9.37. The first kappa shape index (κ1) is 15.5. The van der Waals surface area contributed by atoms with Crippen molar-refractivity contribution in [2.45, 2.75) is 76.8 Å². The summed E-state index contributed by atoms with van der Waals surface area (Å²) in [6, 6.07) is 2.12. The van der Waals surface area contributed by atoms with Crippen molar-refractivity contribution in [1.82, 2.24) is 24.7 Å². The summed E-state index contributed by atoms with van der Waals surface area (Å²) in [6.07, 6.45) is 13.0. The Labute approximate surface area is 143 Å². The van der Waals surface area contributed by atoms with Crippen molar-refractivity contribution in [3.63, 3.8) is 0 Å². The van der Waals surface area contributed by atoms with E-state index < -0.39 is 0 Å². The smallest absolute Gasteiger partial charge is 0.152 e. The zero-order valence-corrected chi connectivity index (χ0v) is 14.2. The number of hydrogen-bond acceptors (Lipinski definition) is 5. The van der Waals surface area contributed by atoms with E-state index in [1.54, 1.807) is 6.33 Å². The van der Waals surface area contributed by atoms with Gasteiger partial charge in [0, 0.05) is 30.6 Å². The van der Waals surface area contributed by atoms with Crippen LogP contribution >= 0.6 is 0 Å². The average molecular weight is 326 g/mol. The van der Waals surface area contributed by atoms with Crippen LogP contribution in [0.15, 0.2) is 12.4 Å². The largest absolute Gasteiger partial charge is 0.363 e. The maximum Gasteiger partial charge on any atom is 0.152 e. The number of nitrogens with one attached hydrogen (secondary N) is 1. The van der Waals surface area contributed by atoms with Gasteiger partial charge in [0.25, 0.3) is 0 Å². The van der Waals surface area contributed by atoms with Crippen LogP contribution in [0.1, 0.15) is 74.6 Å². The van der Waals surface area contributed by atoms with Gasteiger partial charge in [-0.3, -0.25) is 0 Å². The van der Waals surface area contributed by atoms with Gasteiger partial charge in [-0.15, -0.1) is 10.2 Å². The molecule has 0 unspecified atom stereocenters. The van der Waals surface area contributed by atoms with E-state index in [-0.39, 0.29) is 0 Å². The Morgan fingerprint density at radius 3 is 2.79 bits per heavy atom. The summed E-state index contributed by atoms with van der Waals surface area (Å²) in [5.74, 6) is 3.66. The molecule has 2 aromatic rings. The molecule has 0 atom stereocenters. The maximum absolute atomic E-state index is 4.51. The standard InChI is InChI=1S/C18H26N6/c1-3-7-14(8-4-1)15-11-16(21-13-20-15)19-12-18-23-22-17-9-5-2-6-10-24(17)18/h11,13-14H,1-10,12H2,(H,19,20,21). The van der Waals surface area contributed by atoms with Crippen LogP contribution in [0.4, 0.5) is 5.82 Å². The summed E-state index contributed by atoms with van der Waals surface area (Å²) in [5, 5.41) is 12.2. The Kier molecular flexibility index (Phi) is 4.71. The van der Waals surface area contributed by atoms with E-state index in [1.165, 1.54) is 57.1 Å². The van der Waals surface area contributed by atoms with E-state index >= 15 is 0 Å². The van der Waals surface area contributed by atoms with Crippen molar-refractivity contribution in [2.75, 3.05) is 5.32 Å². The molecule has 1 aliphatic heterocycles. The van der Waals surface area contributed by atoms with Gasteiger partial charge < -0.3 is 9.88 Å². The van der Waals surface area contributed by atoms with Gasteiger partial charge in [-0.05, 0) is 25.7 Å². The van der Waals surface area contributed by atoms with Gasteiger partial charge >= 0.3 is 0 Å². The summed E-state index contributed by atoms with van der Waals surface area (Å²) in [5.41, 5.74) is 1.19. The minimum Gasteiger partial charge on any atom is -0.363 e. The number of rotatable bonds is 4. The quantitative estimate of drug-likeness (QED) is 0.932. The van der Waals surface area contributed by atoms with Crippen molar-refractivity contribution in [1.29, 1.82) is 0 Å². The van der Waals surface area contributed by atoms with Crippen LogP contribution in [0.5, 0.6) is 0 Å². The van der Waals surface area contributed by atoms with E-state index in [1.807, 2.05) is 0 Å². The predicted molar refractivity (Wildman–Crippen MR) is 92.8 cm³/mol. The van der Waals surface area contributed by atoms with Crippen molar-refractivity contribution in [3.05, 3.63) is 29.7 Å². The first-order valence-corrected chi connectivity index (χ1v) is 9.37. The highest BCUT2D eigenvalue weighted by molar-refractivity contribution is 5.36. The Bertz CT molecular complexity index is 674. The molecule has 2 aromatic heterocycles. The second kappa shape index (κ2) is 7.28. The van der Waals surface area contributed by atoms with Gasteiger partial charge in [0.15, 0.2) is 5.82 Å². The fourth-order valence-electron chi connectivity index (χ4n) is 3.94. The lowest BCUT2D eigenvalue weighted by atomic mass is 9.87. The molecule has 128 valence electrons. The molecule has 0 amide bonds. The summed E-state index contributed by atoms with van der Waals surface area (Å²) >= 11 is 0. The lowest BCUT2D eigenvalue weighted by Gasteiger charge is -2.21. The van der Waals surface area contributed by atoms with Crippen LogP contribution in [-0.4, -0.2) is 24.7 Å². The zero-order chi connectivity index (χ0) is 16.2. The lowest BCUT2D eigenvalue weighted by Crippen LogP contribution is -2.12. The Morgan fingerprint density at radius 2 is 1.88 bits per heavy atom. The first-order chi connectivity index (χ1) is 11.9. The van der Waals surface area contributed by atoms with Crippen LogP contribution in [0.3, 0.4) is 0 Å². The molecule has 24 heavy (non-hydrogen) atoms. The number of aryl methyl sites for hydroxylation is 1. The average Bonchev–Trinajstić information content (AvgIpc) is 2.87. The predicted octanol–water partition coefficient (Wildman–Crippen LogP) is 3.45. The molecular weight excluding hydrogens is 300 g/mol. The molecule has 1 N–H and O–H groups in total. The molecule has 0 aromatic carbocycles. The fraction of sp³-hybridized carbons (Fsp3) is 0.667. The molecule has 1 aliphatic carbocycles. The summed E-state index contributed by atoms with van der Waals surface area (Å²) < 4.78 is 2.28. The number of fused-ring (bicyclic) bond motifs is 1. The van der Waals surface area contributed by atoms with Crippen molar-refractivity contribution >= 4 is 5.82 Å². The summed E-state index contributed by atoms with van der Waals surface area (Å²) in [6.45, 7) is 1.71. The van der Waals surface area contributed by atoms with E-state index in [4.69, 9.17) is 0 Å². The highest BCUT2D eigenvalue weighted by Gasteiger charge is 2.18. The molecule has 1 saturated carbocycles. The molecule has 0 bridgehead atoms. The number of aromatic nitrogens is 5. The maximum atomic E-state index is 4.51. The molecule has 2 aliphatic rings. The Morgan fingerprint density at radius 1 is 1.00 bits per heavy atom. The van der Waals surface area contributed by atoms with E-state index in [9.17, 15) is 0 Å².